The minimum atomic E-state index is -0.700. The highest BCUT2D eigenvalue weighted by atomic mass is 79.9. The first-order valence-electron chi connectivity index (χ1n) is 7.80. The summed E-state index contributed by atoms with van der Waals surface area (Å²) >= 11 is 3.43. The molecule has 3 rings (SSSR count). The topological polar surface area (TPSA) is 80.6 Å². The molecule has 1 aliphatic rings. The third-order valence-corrected chi connectivity index (χ3v) is 4.28. The lowest BCUT2D eigenvalue weighted by Crippen LogP contribution is -2.45. The molecule has 0 saturated carbocycles. The van der Waals surface area contributed by atoms with Gasteiger partial charge in [-0.1, -0.05) is 28.1 Å². The van der Waals surface area contributed by atoms with E-state index in [4.69, 9.17) is 9.15 Å². The molecule has 25 heavy (non-hydrogen) atoms. The van der Waals surface area contributed by atoms with Crippen LogP contribution in [0.2, 0.25) is 0 Å². The number of hydrogen-bond acceptors (Lipinski definition) is 4. The Morgan fingerprint density at radius 2 is 2.12 bits per heavy atom. The number of furan rings is 1. The summed E-state index contributed by atoms with van der Waals surface area (Å²) in [4.78, 5) is 24.1. The zero-order valence-corrected chi connectivity index (χ0v) is 15.3. The number of allylic oxidation sites excluding steroid dienone is 1. The second kappa shape index (κ2) is 7.14. The number of carbonyl (C=O) groups excluding carboxylic acids is 2. The number of amides is 2. The molecule has 0 radical (unpaired) electrons. The van der Waals surface area contributed by atoms with Gasteiger partial charge in [-0.3, -0.25) is 0 Å². The van der Waals surface area contributed by atoms with Crippen molar-refractivity contribution in [2.24, 2.45) is 0 Å². The first kappa shape index (κ1) is 17.3. The van der Waals surface area contributed by atoms with Crippen molar-refractivity contribution in [2.75, 3.05) is 6.61 Å². The van der Waals surface area contributed by atoms with E-state index in [0.717, 1.165) is 10.0 Å². The molecule has 2 aromatic rings. The van der Waals surface area contributed by atoms with Crippen LogP contribution in [0.4, 0.5) is 4.79 Å². The molecule has 7 heteroatoms. The molecule has 0 bridgehead atoms. The number of carbonyl (C=O) groups is 2. The molecule has 1 aliphatic heterocycles. The van der Waals surface area contributed by atoms with Crippen molar-refractivity contribution >= 4 is 27.9 Å². The molecule has 130 valence electrons. The monoisotopic (exact) mass is 404 g/mol. The fourth-order valence-electron chi connectivity index (χ4n) is 2.69. The zero-order valence-electron chi connectivity index (χ0n) is 13.8. The maximum atomic E-state index is 12.3. The summed E-state index contributed by atoms with van der Waals surface area (Å²) in [5, 5.41) is 5.31. The van der Waals surface area contributed by atoms with Crippen LogP contribution in [0.25, 0.3) is 11.3 Å². The van der Waals surface area contributed by atoms with Crippen LogP contribution in [0, 0.1) is 0 Å². The molecule has 2 N–H and O–H groups in total. The van der Waals surface area contributed by atoms with Crippen molar-refractivity contribution in [3.05, 3.63) is 57.9 Å². The van der Waals surface area contributed by atoms with Gasteiger partial charge in [0, 0.05) is 15.7 Å². The van der Waals surface area contributed by atoms with Gasteiger partial charge >= 0.3 is 12.0 Å². The van der Waals surface area contributed by atoms with Gasteiger partial charge in [-0.15, -0.1) is 0 Å². The van der Waals surface area contributed by atoms with Gasteiger partial charge in [0.15, 0.2) is 0 Å². The molecular formula is C18H17BrN2O4. The van der Waals surface area contributed by atoms with E-state index in [2.05, 4.69) is 26.6 Å². The molecule has 0 aliphatic carbocycles. The van der Waals surface area contributed by atoms with Crippen molar-refractivity contribution in [2.45, 2.75) is 19.9 Å². The maximum Gasteiger partial charge on any atom is 0.338 e. The van der Waals surface area contributed by atoms with E-state index in [9.17, 15) is 9.59 Å². The third-order valence-electron chi connectivity index (χ3n) is 3.78. The summed E-state index contributed by atoms with van der Waals surface area (Å²) in [7, 11) is 0. The Kier molecular flexibility index (Phi) is 4.94. The van der Waals surface area contributed by atoms with Crippen molar-refractivity contribution in [1.29, 1.82) is 0 Å². The Labute approximate surface area is 153 Å². The standard InChI is InChI=1S/C18H17BrN2O4/c1-3-24-17(22)15-10(2)20-18(23)21-16(15)14-8-7-13(25-14)11-5-4-6-12(19)9-11/h4-9,16H,3H2,1-2H3,(H2,20,21,23). The summed E-state index contributed by atoms with van der Waals surface area (Å²) in [5.74, 6) is 0.620. The van der Waals surface area contributed by atoms with Gasteiger partial charge in [-0.05, 0) is 38.1 Å². The summed E-state index contributed by atoms with van der Waals surface area (Å²) in [6.07, 6.45) is 0. The van der Waals surface area contributed by atoms with Gasteiger partial charge in [-0.25, -0.2) is 9.59 Å². The SMILES string of the molecule is CCOC(=O)C1=C(C)NC(=O)NC1c1ccc(-c2cccc(Br)c2)o1. The second-order valence-corrected chi connectivity index (χ2v) is 6.42. The fraction of sp³-hybridized carbons (Fsp3) is 0.222. The Balaban J connectivity index is 1.98. The molecule has 1 aromatic carbocycles. The van der Waals surface area contributed by atoms with Gasteiger partial charge < -0.3 is 19.8 Å². The first-order valence-corrected chi connectivity index (χ1v) is 8.60. The molecule has 1 unspecified atom stereocenters. The van der Waals surface area contributed by atoms with E-state index in [0.29, 0.717) is 22.8 Å². The van der Waals surface area contributed by atoms with Crippen molar-refractivity contribution in [3.8, 4) is 11.3 Å². The van der Waals surface area contributed by atoms with Crippen molar-refractivity contribution < 1.29 is 18.7 Å². The first-order chi connectivity index (χ1) is 12.0. The quantitative estimate of drug-likeness (QED) is 0.757. The van der Waals surface area contributed by atoms with Gasteiger partial charge in [0.2, 0.25) is 0 Å². The molecule has 1 aromatic heterocycles. The number of ether oxygens (including phenoxy) is 1. The van der Waals surface area contributed by atoms with Crippen LogP contribution in [-0.4, -0.2) is 18.6 Å². The lowest BCUT2D eigenvalue weighted by atomic mass is 10.0. The van der Waals surface area contributed by atoms with Crippen molar-refractivity contribution in [1.82, 2.24) is 10.6 Å². The number of benzene rings is 1. The molecule has 2 heterocycles. The molecule has 1 atom stereocenters. The Morgan fingerprint density at radius 1 is 1.32 bits per heavy atom. The van der Waals surface area contributed by atoms with Crippen LogP contribution in [-0.2, 0) is 9.53 Å². The lowest BCUT2D eigenvalue weighted by Gasteiger charge is -2.26. The largest absolute Gasteiger partial charge is 0.463 e. The highest BCUT2D eigenvalue weighted by Crippen LogP contribution is 2.32. The van der Waals surface area contributed by atoms with E-state index in [1.54, 1.807) is 19.9 Å². The lowest BCUT2D eigenvalue weighted by molar-refractivity contribution is -0.139. The minimum absolute atomic E-state index is 0.248. The Morgan fingerprint density at radius 3 is 2.84 bits per heavy atom. The number of rotatable bonds is 4. The summed E-state index contributed by atoms with van der Waals surface area (Å²) < 4.78 is 12.0. The summed E-state index contributed by atoms with van der Waals surface area (Å²) in [5.41, 5.74) is 1.67. The predicted octanol–water partition coefficient (Wildman–Crippen LogP) is 3.90. The Bertz CT molecular complexity index is 856. The van der Waals surface area contributed by atoms with Crippen molar-refractivity contribution in [3.63, 3.8) is 0 Å². The molecular weight excluding hydrogens is 388 g/mol. The van der Waals surface area contributed by atoms with E-state index in [-0.39, 0.29) is 6.61 Å². The third kappa shape index (κ3) is 3.61. The highest BCUT2D eigenvalue weighted by Gasteiger charge is 2.34. The zero-order chi connectivity index (χ0) is 18.0. The molecule has 0 saturated heterocycles. The van der Waals surface area contributed by atoms with E-state index >= 15 is 0 Å². The smallest absolute Gasteiger partial charge is 0.338 e. The van der Waals surface area contributed by atoms with E-state index in [1.807, 2.05) is 30.3 Å². The van der Waals surface area contributed by atoms with Gasteiger partial charge in [0.05, 0.1) is 12.2 Å². The second-order valence-electron chi connectivity index (χ2n) is 5.50. The van der Waals surface area contributed by atoms with E-state index in [1.165, 1.54) is 0 Å². The molecule has 6 nitrogen and oxygen atoms in total. The summed E-state index contributed by atoms with van der Waals surface area (Å²) in [6.45, 7) is 3.64. The maximum absolute atomic E-state index is 12.3. The predicted molar refractivity (Wildman–Crippen MR) is 95.6 cm³/mol. The van der Waals surface area contributed by atoms with Gasteiger partial charge in [0.25, 0.3) is 0 Å². The number of halogens is 1. The van der Waals surface area contributed by atoms with Gasteiger partial charge in [-0.2, -0.15) is 0 Å². The number of hydrogen-bond donors (Lipinski definition) is 2. The molecule has 2 amide bonds. The van der Waals surface area contributed by atoms with Crippen LogP contribution >= 0.6 is 15.9 Å². The highest BCUT2D eigenvalue weighted by molar-refractivity contribution is 9.10. The van der Waals surface area contributed by atoms with Crippen LogP contribution in [0.1, 0.15) is 25.6 Å². The fourth-order valence-corrected chi connectivity index (χ4v) is 3.09. The number of esters is 1. The normalized spacial score (nSPS) is 17.1. The number of nitrogens with one attached hydrogen (secondary N) is 2. The van der Waals surface area contributed by atoms with E-state index < -0.39 is 18.0 Å². The van der Waals surface area contributed by atoms with Crippen LogP contribution in [0.3, 0.4) is 0 Å². The average Bonchev–Trinajstić information content (AvgIpc) is 3.04. The van der Waals surface area contributed by atoms with Crippen LogP contribution in [0.5, 0.6) is 0 Å². The molecule has 0 spiro atoms. The average molecular weight is 405 g/mol. The number of urea groups is 1. The van der Waals surface area contributed by atoms with Crippen LogP contribution in [0.15, 0.2) is 56.6 Å². The minimum Gasteiger partial charge on any atom is -0.463 e. The Hall–Kier alpha value is -2.54. The van der Waals surface area contributed by atoms with Gasteiger partial charge in [0.1, 0.15) is 17.6 Å². The van der Waals surface area contributed by atoms with Crippen LogP contribution < -0.4 is 10.6 Å². The summed E-state index contributed by atoms with van der Waals surface area (Å²) in [6, 6.07) is 10.1. The molecule has 0 fully saturated rings.